The molecule has 0 saturated heterocycles. The number of ether oxygens (including phenoxy) is 2. The molecule has 0 atom stereocenters. The second kappa shape index (κ2) is 7.37. The molecule has 0 rings (SSSR count). The molecule has 0 unspecified atom stereocenters. The van der Waals surface area contributed by atoms with Crippen LogP contribution in [0, 0.1) is 0 Å². The Morgan fingerprint density at radius 3 is 2.55 bits per heavy atom. The van der Waals surface area contributed by atoms with Crippen LogP contribution in [0.4, 0.5) is 0 Å². The zero-order valence-electron chi connectivity index (χ0n) is 6.54. The van der Waals surface area contributed by atoms with E-state index in [9.17, 15) is 9.59 Å². The Morgan fingerprint density at radius 2 is 2.00 bits per heavy atom. The highest BCUT2D eigenvalue weighted by atomic mass is 16.5. The SMILES string of the molecule is CC(=O)COCCOCC=O. The molecule has 0 saturated carbocycles. The summed E-state index contributed by atoms with van der Waals surface area (Å²) in [5.74, 6) is -0.0135. The Kier molecular flexibility index (Phi) is 6.87. The molecule has 4 nitrogen and oxygen atoms in total. The van der Waals surface area contributed by atoms with Gasteiger partial charge >= 0.3 is 0 Å². The van der Waals surface area contributed by atoms with Gasteiger partial charge in [0.15, 0.2) is 5.78 Å². The van der Waals surface area contributed by atoms with E-state index in [0.717, 1.165) is 0 Å². The van der Waals surface area contributed by atoms with Crippen molar-refractivity contribution in [2.45, 2.75) is 6.92 Å². The van der Waals surface area contributed by atoms with E-state index in [1.807, 2.05) is 0 Å². The maximum absolute atomic E-state index is 10.3. The van der Waals surface area contributed by atoms with Crippen molar-refractivity contribution in [1.82, 2.24) is 0 Å². The van der Waals surface area contributed by atoms with Crippen LogP contribution in [-0.4, -0.2) is 38.5 Å². The lowest BCUT2D eigenvalue weighted by molar-refractivity contribution is -0.122. The van der Waals surface area contributed by atoms with Crippen LogP contribution in [0.1, 0.15) is 6.92 Å². The van der Waals surface area contributed by atoms with Gasteiger partial charge in [-0.2, -0.15) is 0 Å². The van der Waals surface area contributed by atoms with Gasteiger partial charge in [-0.25, -0.2) is 0 Å². The number of aldehydes is 1. The lowest BCUT2D eigenvalue weighted by Gasteiger charge is -2.00. The van der Waals surface area contributed by atoms with Crippen LogP contribution < -0.4 is 0 Å². The number of carbonyl (C=O) groups excluding carboxylic acids is 2. The van der Waals surface area contributed by atoms with E-state index < -0.39 is 0 Å². The number of rotatable bonds is 7. The van der Waals surface area contributed by atoms with Gasteiger partial charge in [0.05, 0.1) is 13.2 Å². The van der Waals surface area contributed by atoms with Gasteiger partial charge in [-0.1, -0.05) is 0 Å². The van der Waals surface area contributed by atoms with Crippen LogP contribution in [0.5, 0.6) is 0 Å². The van der Waals surface area contributed by atoms with E-state index in [2.05, 4.69) is 0 Å². The first-order chi connectivity index (χ1) is 5.27. The standard InChI is InChI=1S/C7H12O4/c1-7(9)6-11-5-4-10-3-2-8/h2H,3-6H2,1H3. The summed E-state index contributed by atoms with van der Waals surface area (Å²) in [7, 11) is 0. The predicted octanol–water partition coefficient (Wildman–Crippen LogP) is -0.193. The molecule has 4 heteroatoms. The van der Waals surface area contributed by atoms with Crippen molar-refractivity contribution >= 4 is 12.1 Å². The number of Topliss-reactive ketones (excluding diaryl/α,β-unsaturated/α-hetero) is 1. The molecule has 11 heavy (non-hydrogen) atoms. The van der Waals surface area contributed by atoms with Crippen molar-refractivity contribution in [3.63, 3.8) is 0 Å². The molecule has 0 aromatic heterocycles. The fraction of sp³-hybridized carbons (Fsp3) is 0.714. The van der Waals surface area contributed by atoms with E-state index in [4.69, 9.17) is 9.47 Å². The molecule has 64 valence electrons. The largest absolute Gasteiger partial charge is 0.372 e. The molecule has 0 spiro atoms. The normalized spacial score (nSPS) is 9.55. The summed E-state index contributed by atoms with van der Waals surface area (Å²) in [6, 6.07) is 0. The van der Waals surface area contributed by atoms with Crippen LogP contribution in [0.3, 0.4) is 0 Å². The fourth-order valence-corrected chi connectivity index (χ4v) is 0.465. The second-order valence-corrected chi connectivity index (χ2v) is 2.00. The average molecular weight is 160 g/mol. The van der Waals surface area contributed by atoms with E-state index in [0.29, 0.717) is 19.5 Å². The van der Waals surface area contributed by atoms with Crippen LogP contribution in [0.15, 0.2) is 0 Å². The third kappa shape index (κ3) is 9.26. The van der Waals surface area contributed by atoms with Crippen LogP contribution in [0.25, 0.3) is 0 Å². The van der Waals surface area contributed by atoms with Crippen molar-refractivity contribution in [2.75, 3.05) is 26.4 Å². The molecule has 0 fully saturated rings. The van der Waals surface area contributed by atoms with Crippen molar-refractivity contribution in [1.29, 1.82) is 0 Å². The summed E-state index contributed by atoms with van der Waals surface area (Å²) in [5, 5.41) is 0. The van der Waals surface area contributed by atoms with E-state index >= 15 is 0 Å². The Morgan fingerprint density at radius 1 is 1.36 bits per heavy atom. The van der Waals surface area contributed by atoms with Crippen LogP contribution in [0.2, 0.25) is 0 Å². The summed E-state index contributed by atoms with van der Waals surface area (Å²) < 4.78 is 9.61. The molecule has 0 aromatic carbocycles. The van der Waals surface area contributed by atoms with Crippen LogP contribution in [-0.2, 0) is 19.1 Å². The molecular weight excluding hydrogens is 148 g/mol. The smallest absolute Gasteiger partial charge is 0.155 e. The first-order valence-electron chi connectivity index (χ1n) is 3.36. The zero-order valence-corrected chi connectivity index (χ0v) is 6.54. The Labute approximate surface area is 65.5 Å². The van der Waals surface area contributed by atoms with Crippen LogP contribution >= 0.6 is 0 Å². The zero-order chi connectivity index (χ0) is 8.53. The van der Waals surface area contributed by atoms with E-state index in [-0.39, 0.29) is 19.0 Å². The Bertz CT molecular complexity index is 122. The Balaban J connectivity index is 2.90. The monoisotopic (exact) mass is 160 g/mol. The topological polar surface area (TPSA) is 52.6 Å². The van der Waals surface area contributed by atoms with Gasteiger partial charge in [-0.3, -0.25) is 4.79 Å². The summed E-state index contributed by atoms with van der Waals surface area (Å²) in [6.45, 7) is 2.36. The molecule has 0 radical (unpaired) electrons. The van der Waals surface area contributed by atoms with Gasteiger partial charge in [0.1, 0.15) is 19.5 Å². The summed E-state index contributed by atoms with van der Waals surface area (Å²) in [5.41, 5.74) is 0. The van der Waals surface area contributed by atoms with E-state index in [1.165, 1.54) is 6.92 Å². The van der Waals surface area contributed by atoms with Crippen molar-refractivity contribution in [3.05, 3.63) is 0 Å². The predicted molar refractivity (Wildman–Crippen MR) is 38.4 cm³/mol. The van der Waals surface area contributed by atoms with Gasteiger partial charge in [0.25, 0.3) is 0 Å². The summed E-state index contributed by atoms with van der Waals surface area (Å²) >= 11 is 0. The number of hydrogen-bond donors (Lipinski definition) is 0. The van der Waals surface area contributed by atoms with Crippen molar-refractivity contribution < 1.29 is 19.1 Å². The first kappa shape index (κ1) is 10.3. The highest BCUT2D eigenvalue weighted by Gasteiger charge is 1.92. The number of carbonyl (C=O) groups is 2. The third-order valence-corrected chi connectivity index (χ3v) is 0.863. The lowest BCUT2D eigenvalue weighted by atomic mass is 10.5. The summed E-state index contributed by atoms with van der Waals surface area (Å²) in [6.07, 6.45) is 0.672. The molecule has 0 aliphatic carbocycles. The van der Waals surface area contributed by atoms with Gasteiger partial charge in [0, 0.05) is 0 Å². The molecule has 0 heterocycles. The van der Waals surface area contributed by atoms with Gasteiger partial charge in [-0.15, -0.1) is 0 Å². The minimum absolute atomic E-state index is 0.0135. The highest BCUT2D eigenvalue weighted by Crippen LogP contribution is 1.78. The highest BCUT2D eigenvalue weighted by molar-refractivity contribution is 5.76. The quantitative estimate of drug-likeness (QED) is 0.382. The minimum atomic E-state index is -0.0135. The molecule has 0 bridgehead atoms. The maximum Gasteiger partial charge on any atom is 0.155 e. The molecular formula is C7H12O4. The van der Waals surface area contributed by atoms with Gasteiger partial charge < -0.3 is 14.3 Å². The first-order valence-corrected chi connectivity index (χ1v) is 3.36. The summed E-state index contributed by atoms with van der Waals surface area (Å²) in [4.78, 5) is 20.0. The Hall–Kier alpha value is -0.740. The van der Waals surface area contributed by atoms with Gasteiger partial charge in [-0.05, 0) is 6.92 Å². The average Bonchev–Trinajstić information content (AvgIpc) is 1.96. The number of ketones is 1. The van der Waals surface area contributed by atoms with Gasteiger partial charge in [0.2, 0.25) is 0 Å². The molecule has 0 N–H and O–H groups in total. The van der Waals surface area contributed by atoms with Crippen molar-refractivity contribution in [3.8, 4) is 0 Å². The molecule has 0 aliphatic heterocycles. The molecule has 0 aromatic rings. The molecule has 0 aliphatic rings. The maximum atomic E-state index is 10.3. The molecule has 0 amide bonds. The second-order valence-electron chi connectivity index (χ2n) is 2.00. The van der Waals surface area contributed by atoms with Crippen molar-refractivity contribution in [2.24, 2.45) is 0 Å². The minimum Gasteiger partial charge on any atom is -0.372 e. The van der Waals surface area contributed by atoms with E-state index in [1.54, 1.807) is 0 Å². The number of hydrogen-bond acceptors (Lipinski definition) is 4. The third-order valence-electron chi connectivity index (χ3n) is 0.863. The fourth-order valence-electron chi connectivity index (χ4n) is 0.465. The lowest BCUT2D eigenvalue weighted by Crippen LogP contribution is -2.10.